The van der Waals surface area contributed by atoms with Gasteiger partial charge in [-0.15, -0.1) is 11.6 Å². The monoisotopic (exact) mass is 212 g/mol. The third kappa shape index (κ3) is 3.22. The van der Waals surface area contributed by atoms with Crippen LogP contribution in [0.5, 0.6) is 5.75 Å². The molecule has 0 amide bonds. The van der Waals surface area contributed by atoms with Gasteiger partial charge < -0.3 is 4.74 Å². The Balaban J connectivity index is 2.64. The fraction of sp³-hybridized carbons (Fsp3) is 0.500. The first-order valence-electron chi connectivity index (χ1n) is 5.06. The summed E-state index contributed by atoms with van der Waals surface area (Å²) in [6, 6.07) is 7.98. The molecule has 0 bridgehead atoms. The SMILES string of the molecule is CCCCC(Cl)c1cccc(OC)c1. The molecule has 0 N–H and O–H groups in total. The maximum absolute atomic E-state index is 6.26. The molecule has 0 aliphatic carbocycles. The molecule has 0 saturated heterocycles. The van der Waals surface area contributed by atoms with Crippen LogP contribution in [-0.2, 0) is 0 Å². The molecule has 0 heterocycles. The summed E-state index contributed by atoms with van der Waals surface area (Å²) in [5.74, 6) is 0.879. The highest BCUT2D eigenvalue weighted by atomic mass is 35.5. The fourth-order valence-corrected chi connectivity index (χ4v) is 1.68. The molecule has 0 saturated carbocycles. The van der Waals surface area contributed by atoms with E-state index in [-0.39, 0.29) is 5.38 Å². The lowest BCUT2D eigenvalue weighted by Crippen LogP contribution is -1.91. The van der Waals surface area contributed by atoms with Gasteiger partial charge in [-0.1, -0.05) is 31.9 Å². The molecule has 0 radical (unpaired) electrons. The zero-order chi connectivity index (χ0) is 10.4. The Morgan fingerprint density at radius 1 is 1.43 bits per heavy atom. The zero-order valence-electron chi connectivity index (χ0n) is 8.79. The van der Waals surface area contributed by atoms with E-state index in [0.29, 0.717) is 0 Å². The van der Waals surface area contributed by atoms with Crippen LogP contribution in [0.3, 0.4) is 0 Å². The molecule has 1 unspecified atom stereocenters. The van der Waals surface area contributed by atoms with E-state index in [4.69, 9.17) is 16.3 Å². The van der Waals surface area contributed by atoms with Gasteiger partial charge in [0.2, 0.25) is 0 Å². The van der Waals surface area contributed by atoms with E-state index < -0.39 is 0 Å². The van der Waals surface area contributed by atoms with Gasteiger partial charge in [0, 0.05) is 0 Å². The van der Waals surface area contributed by atoms with Crippen LogP contribution in [0.25, 0.3) is 0 Å². The van der Waals surface area contributed by atoms with Crippen molar-refractivity contribution in [3.8, 4) is 5.75 Å². The van der Waals surface area contributed by atoms with Crippen LogP contribution in [0.15, 0.2) is 24.3 Å². The Morgan fingerprint density at radius 2 is 2.21 bits per heavy atom. The minimum absolute atomic E-state index is 0.116. The summed E-state index contributed by atoms with van der Waals surface area (Å²) >= 11 is 6.26. The highest BCUT2D eigenvalue weighted by Crippen LogP contribution is 2.28. The molecule has 2 heteroatoms. The summed E-state index contributed by atoms with van der Waals surface area (Å²) in [6.45, 7) is 2.18. The molecule has 1 aromatic carbocycles. The largest absolute Gasteiger partial charge is 0.497 e. The first-order valence-corrected chi connectivity index (χ1v) is 5.49. The average Bonchev–Trinajstić information content (AvgIpc) is 2.26. The van der Waals surface area contributed by atoms with Gasteiger partial charge in [0.25, 0.3) is 0 Å². The van der Waals surface area contributed by atoms with E-state index in [1.165, 1.54) is 12.8 Å². The average molecular weight is 213 g/mol. The topological polar surface area (TPSA) is 9.23 Å². The fourth-order valence-electron chi connectivity index (χ4n) is 1.39. The maximum atomic E-state index is 6.26. The minimum atomic E-state index is 0.116. The van der Waals surface area contributed by atoms with Crippen LogP contribution in [0.4, 0.5) is 0 Å². The molecule has 1 aromatic rings. The highest BCUT2D eigenvalue weighted by molar-refractivity contribution is 6.20. The van der Waals surface area contributed by atoms with Crippen molar-refractivity contribution < 1.29 is 4.74 Å². The summed E-state index contributed by atoms with van der Waals surface area (Å²) in [7, 11) is 1.67. The van der Waals surface area contributed by atoms with Gasteiger partial charge in [0.05, 0.1) is 12.5 Å². The predicted octanol–water partition coefficient (Wildman–Crippen LogP) is 4.17. The number of benzene rings is 1. The van der Waals surface area contributed by atoms with Crippen molar-refractivity contribution >= 4 is 11.6 Å². The van der Waals surface area contributed by atoms with Gasteiger partial charge in [0.1, 0.15) is 5.75 Å². The molecule has 1 atom stereocenters. The van der Waals surface area contributed by atoms with Gasteiger partial charge >= 0.3 is 0 Å². The molecule has 0 aromatic heterocycles. The van der Waals surface area contributed by atoms with Crippen LogP contribution >= 0.6 is 11.6 Å². The molecule has 0 aliphatic rings. The summed E-state index contributed by atoms with van der Waals surface area (Å²) in [4.78, 5) is 0. The van der Waals surface area contributed by atoms with Crippen LogP contribution in [0.1, 0.15) is 37.1 Å². The van der Waals surface area contributed by atoms with Crippen molar-refractivity contribution in [2.24, 2.45) is 0 Å². The molecule has 0 spiro atoms. The quantitative estimate of drug-likeness (QED) is 0.666. The molecular weight excluding hydrogens is 196 g/mol. The third-order valence-corrected chi connectivity index (χ3v) is 2.74. The van der Waals surface area contributed by atoms with E-state index in [0.717, 1.165) is 17.7 Å². The first kappa shape index (κ1) is 11.4. The van der Waals surface area contributed by atoms with E-state index in [1.54, 1.807) is 7.11 Å². The van der Waals surface area contributed by atoms with Crippen molar-refractivity contribution in [3.05, 3.63) is 29.8 Å². The summed E-state index contributed by atoms with van der Waals surface area (Å²) in [6.07, 6.45) is 3.39. The molecule has 1 nitrogen and oxygen atoms in total. The Bertz CT molecular complexity index is 273. The van der Waals surface area contributed by atoms with Crippen molar-refractivity contribution in [2.45, 2.75) is 31.6 Å². The van der Waals surface area contributed by atoms with Crippen molar-refractivity contribution in [1.82, 2.24) is 0 Å². The van der Waals surface area contributed by atoms with Crippen LogP contribution < -0.4 is 4.74 Å². The summed E-state index contributed by atoms with van der Waals surface area (Å²) in [5, 5.41) is 0.116. The normalized spacial score (nSPS) is 12.5. The van der Waals surface area contributed by atoms with E-state index in [2.05, 4.69) is 13.0 Å². The number of alkyl halides is 1. The number of unbranched alkanes of at least 4 members (excludes halogenated alkanes) is 1. The number of halogens is 1. The Morgan fingerprint density at radius 3 is 2.86 bits per heavy atom. The molecule has 14 heavy (non-hydrogen) atoms. The number of ether oxygens (including phenoxy) is 1. The number of hydrogen-bond acceptors (Lipinski definition) is 1. The van der Waals surface area contributed by atoms with Crippen molar-refractivity contribution in [2.75, 3.05) is 7.11 Å². The lowest BCUT2D eigenvalue weighted by molar-refractivity contribution is 0.414. The van der Waals surface area contributed by atoms with Gasteiger partial charge in [-0.2, -0.15) is 0 Å². The summed E-state index contributed by atoms with van der Waals surface area (Å²) in [5.41, 5.74) is 1.15. The van der Waals surface area contributed by atoms with Crippen molar-refractivity contribution in [3.63, 3.8) is 0 Å². The zero-order valence-corrected chi connectivity index (χ0v) is 9.55. The van der Waals surface area contributed by atoms with E-state index in [9.17, 15) is 0 Å². The van der Waals surface area contributed by atoms with Crippen LogP contribution in [0.2, 0.25) is 0 Å². The Labute approximate surface area is 91.0 Å². The standard InChI is InChI=1S/C12H17ClO/c1-3-4-8-12(13)10-6-5-7-11(9-10)14-2/h5-7,9,12H,3-4,8H2,1-2H3. The first-order chi connectivity index (χ1) is 6.77. The maximum Gasteiger partial charge on any atom is 0.119 e. The van der Waals surface area contributed by atoms with Crippen molar-refractivity contribution in [1.29, 1.82) is 0 Å². The summed E-state index contributed by atoms with van der Waals surface area (Å²) < 4.78 is 5.15. The minimum Gasteiger partial charge on any atom is -0.497 e. The van der Waals surface area contributed by atoms with Gasteiger partial charge in [-0.3, -0.25) is 0 Å². The Kier molecular flexibility index (Phi) is 4.81. The van der Waals surface area contributed by atoms with Gasteiger partial charge in [-0.25, -0.2) is 0 Å². The highest BCUT2D eigenvalue weighted by Gasteiger charge is 2.07. The molecule has 0 fully saturated rings. The number of methoxy groups -OCH3 is 1. The van der Waals surface area contributed by atoms with E-state index >= 15 is 0 Å². The van der Waals surface area contributed by atoms with E-state index in [1.807, 2.05) is 18.2 Å². The smallest absolute Gasteiger partial charge is 0.119 e. The lowest BCUT2D eigenvalue weighted by Gasteiger charge is -2.10. The molecule has 78 valence electrons. The molecule has 0 aliphatic heterocycles. The van der Waals surface area contributed by atoms with Gasteiger partial charge in [0.15, 0.2) is 0 Å². The Hall–Kier alpha value is -0.690. The molecule has 1 rings (SSSR count). The second kappa shape index (κ2) is 5.92. The predicted molar refractivity (Wildman–Crippen MR) is 61.1 cm³/mol. The molecular formula is C12H17ClO. The lowest BCUT2D eigenvalue weighted by atomic mass is 10.1. The van der Waals surface area contributed by atoms with Crippen LogP contribution in [-0.4, -0.2) is 7.11 Å². The van der Waals surface area contributed by atoms with Crippen LogP contribution in [0, 0.1) is 0 Å². The number of rotatable bonds is 5. The third-order valence-electron chi connectivity index (χ3n) is 2.27. The second-order valence-electron chi connectivity index (χ2n) is 3.39. The van der Waals surface area contributed by atoms with Gasteiger partial charge in [-0.05, 0) is 24.1 Å². The number of hydrogen-bond donors (Lipinski definition) is 0. The second-order valence-corrected chi connectivity index (χ2v) is 3.91.